The largest absolute Gasteiger partial charge is 0.398 e. The minimum Gasteiger partial charge on any atom is -0.398 e. The van der Waals surface area contributed by atoms with E-state index in [-0.39, 0.29) is 11.5 Å². The minimum absolute atomic E-state index is 0.247. The van der Waals surface area contributed by atoms with Crippen LogP contribution in [0.4, 0.5) is 11.6 Å². The Morgan fingerprint density at radius 1 is 1.14 bits per heavy atom. The minimum atomic E-state index is 0.247. The summed E-state index contributed by atoms with van der Waals surface area (Å²) in [6.45, 7) is 6.41. The summed E-state index contributed by atoms with van der Waals surface area (Å²) >= 11 is 0. The highest BCUT2D eigenvalue weighted by Crippen LogP contribution is 2.56. The Balaban J connectivity index is 1.22. The highest BCUT2D eigenvalue weighted by molar-refractivity contribution is 6.01. The lowest BCUT2D eigenvalue weighted by Gasteiger charge is -2.65. The van der Waals surface area contributed by atoms with E-state index in [9.17, 15) is 0 Å². The number of benzene rings is 1. The van der Waals surface area contributed by atoms with Crippen LogP contribution in [0.3, 0.4) is 0 Å². The van der Waals surface area contributed by atoms with Crippen molar-refractivity contribution in [3.05, 3.63) is 30.6 Å². The zero-order chi connectivity index (χ0) is 19.8. The highest BCUT2D eigenvalue weighted by atomic mass is 16.5. The van der Waals surface area contributed by atoms with Crippen LogP contribution < -0.4 is 11.5 Å². The maximum Gasteiger partial charge on any atom is 0.221 e. The Labute approximate surface area is 168 Å². The van der Waals surface area contributed by atoms with Gasteiger partial charge in [0.05, 0.1) is 42.2 Å². The molecule has 0 atom stereocenters. The van der Waals surface area contributed by atoms with Crippen molar-refractivity contribution < 1.29 is 4.74 Å². The number of likely N-dealkylation sites (tertiary alicyclic amines) is 1. The summed E-state index contributed by atoms with van der Waals surface area (Å²) < 4.78 is 7.50. The van der Waals surface area contributed by atoms with Gasteiger partial charge in [0.1, 0.15) is 0 Å². The molecule has 150 valence electrons. The normalized spacial score (nSPS) is 22.9. The predicted octanol–water partition coefficient (Wildman–Crippen LogP) is 2.08. The summed E-state index contributed by atoms with van der Waals surface area (Å²) in [6.07, 6.45) is 6.29. The number of aromatic nitrogens is 4. The van der Waals surface area contributed by atoms with Crippen molar-refractivity contribution in [1.29, 1.82) is 0 Å². The molecule has 3 aliphatic rings. The summed E-state index contributed by atoms with van der Waals surface area (Å²) in [6, 6.07) is 6.09. The number of anilines is 2. The summed E-state index contributed by atoms with van der Waals surface area (Å²) in [5.74, 6) is 0.247. The van der Waals surface area contributed by atoms with E-state index in [0.29, 0.717) is 17.1 Å². The van der Waals surface area contributed by atoms with Gasteiger partial charge in [-0.25, -0.2) is 9.97 Å². The van der Waals surface area contributed by atoms with Gasteiger partial charge in [0, 0.05) is 35.9 Å². The van der Waals surface area contributed by atoms with Crippen molar-refractivity contribution in [2.24, 2.45) is 5.41 Å². The molecule has 0 bridgehead atoms. The Bertz CT molecular complexity index is 1110. The third-order valence-electron chi connectivity index (χ3n) is 7.00. The van der Waals surface area contributed by atoms with E-state index in [2.05, 4.69) is 37.8 Å². The van der Waals surface area contributed by atoms with E-state index in [0.717, 1.165) is 35.4 Å². The number of ether oxygens (including phenoxy) is 1. The third kappa shape index (κ3) is 2.49. The SMILES string of the molecule is CC1(N2CC3(CC(n4cc(-c5nc(N)nc6cccc(N)c56)cn4)C3)C2)COC1. The van der Waals surface area contributed by atoms with Crippen LogP contribution in [-0.4, -0.2) is 56.5 Å². The monoisotopic (exact) mass is 391 g/mol. The van der Waals surface area contributed by atoms with Crippen LogP contribution >= 0.6 is 0 Å². The molecular weight excluding hydrogens is 366 g/mol. The van der Waals surface area contributed by atoms with Crippen molar-refractivity contribution in [3.63, 3.8) is 0 Å². The molecule has 2 aromatic heterocycles. The Kier molecular flexibility index (Phi) is 3.36. The van der Waals surface area contributed by atoms with Crippen LogP contribution in [-0.2, 0) is 4.74 Å². The van der Waals surface area contributed by atoms with Crippen LogP contribution in [0.5, 0.6) is 0 Å². The number of nitrogens with zero attached hydrogens (tertiary/aromatic N) is 5. The van der Waals surface area contributed by atoms with Crippen LogP contribution in [0.2, 0.25) is 0 Å². The highest BCUT2D eigenvalue weighted by Gasteiger charge is 2.58. The number of nitrogens with two attached hydrogens (primary N) is 2. The molecule has 1 spiro atoms. The molecule has 4 N–H and O–H groups in total. The van der Waals surface area contributed by atoms with Gasteiger partial charge in [-0.3, -0.25) is 9.58 Å². The van der Waals surface area contributed by atoms with E-state index in [1.807, 2.05) is 24.4 Å². The molecule has 1 aromatic carbocycles. The zero-order valence-corrected chi connectivity index (χ0v) is 16.5. The van der Waals surface area contributed by atoms with Gasteiger partial charge in [0.25, 0.3) is 0 Å². The number of fused-ring (bicyclic) bond motifs is 1. The molecule has 3 aromatic rings. The number of hydrogen-bond acceptors (Lipinski definition) is 7. The molecule has 4 heterocycles. The number of rotatable bonds is 3. The van der Waals surface area contributed by atoms with Gasteiger partial charge >= 0.3 is 0 Å². The smallest absolute Gasteiger partial charge is 0.221 e. The number of nitrogen functional groups attached to an aromatic ring is 2. The summed E-state index contributed by atoms with van der Waals surface area (Å²) in [4.78, 5) is 11.4. The maximum absolute atomic E-state index is 6.21. The summed E-state index contributed by atoms with van der Waals surface area (Å²) in [5.41, 5.74) is 16.0. The van der Waals surface area contributed by atoms with Gasteiger partial charge in [0.2, 0.25) is 5.95 Å². The quantitative estimate of drug-likeness (QED) is 0.658. The van der Waals surface area contributed by atoms with E-state index < -0.39 is 0 Å². The van der Waals surface area contributed by atoms with Gasteiger partial charge in [-0.15, -0.1) is 0 Å². The van der Waals surface area contributed by atoms with E-state index in [1.165, 1.54) is 25.9 Å². The van der Waals surface area contributed by atoms with E-state index in [4.69, 9.17) is 16.2 Å². The van der Waals surface area contributed by atoms with Crippen LogP contribution in [0, 0.1) is 5.41 Å². The molecule has 1 saturated carbocycles. The lowest BCUT2D eigenvalue weighted by Crippen LogP contribution is -2.73. The zero-order valence-electron chi connectivity index (χ0n) is 16.5. The second-order valence-corrected chi connectivity index (χ2v) is 9.29. The first-order chi connectivity index (χ1) is 13.9. The van der Waals surface area contributed by atoms with Crippen molar-refractivity contribution in [2.45, 2.75) is 31.3 Å². The topological polar surface area (TPSA) is 108 Å². The van der Waals surface area contributed by atoms with E-state index in [1.54, 1.807) is 0 Å². The summed E-state index contributed by atoms with van der Waals surface area (Å²) in [7, 11) is 0. The first kappa shape index (κ1) is 17.2. The first-order valence-electron chi connectivity index (χ1n) is 10.1. The second kappa shape index (κ2) is 5.67. The molecule has 6 rings (SSSR count). The molecule has 0 radical (unpaired) electrons. The molecule has 8 heteroatoms. The number of hydrogen-bond donors (Lipinski definition) is 2. The fraction of sp³-hybridized carbons (Fsp3) is 0.476. The van der Waals surface area contributed by atoms with Gasteiger partial charge in [-0.1, -0.05) is 6.07 Å². The average molecular weight is 391 g/mol. The lowest BCUT2D eigenvalue weighted by molar-refractivity contribution is -0.210. The molecule has 0 amide bonds. The van der Waals surface area contributed by atoms with Gasteiger partial charge in [-0.2, -0.15) is 5.10 Å². The molecular formula is C21H25N7O. The molecule has 0 unspecified atom stereocenters. The van der Waals surface area contributed by atoms with Crippen molar-refractivity contribution in [2.75, 3.05) is 37.8 Å². The van der Waals surface area contributed by atoms with Crippen LogP contribution in [0.1, 0.15) is 25.8 Å². The predicted molar refractivity (Wildman–Crippen MR) is 111 cm³/mol. The fourth-order valence-corrected chi connectivity index (χ4v) is 5.21. The average Bonchev–Trinajstić information content (AvgIpc) is 3.06. The molecule has 2 saturated heterocycles. The Morgan fingerprint density at radius 2 is 1.93 bits per heavy atom. The van der Waals surface area contributed by atoms with Crippen LogP contribution in [0.25, 0.3) is 22.2 Å². The molecule has 1 aliphatic carbocycles. The Morgan fingerprint density at radius 3 is 2.66 bits per heavy atom. The van der Waals surface area contributed by atoms with Crippen LogP contribution in [0.15, 0.2) is 30.6 Å². The molecule has 2 aliphatic heterocycles. The fourth-order valence-electron chi connectivity index (χ4n) is 5.21. The van der Waals surface area contributed by atoms with Gasteiger partial charge in [-0.05, 0) is 37.3 Å². The Hall–Kier alpha value is -2.71. The third-order valence-corrected chi connectivity index (χ3v) is 7.00. The lowest BCUT2D eigenvalue weighted by atomic mass is 9.59. The van der Waals surface area contributed by atoms with Gasteiger partial charge < -0.3 is 16.2 Å². The molecule has 8 nitrogen and oxygen atoms in total. The van der Waals surface area contributed by atoms with Gasteiger partial charge in [0.15, 0.2) is 0 Å². The van der Waals surface area contributed by atoms with Crippen molar-refractivity contribution in [3.8, 4) is 11.3 Å². The maximum atomic E-state index is 6.21. The summed E-state index contributed by atoms with van der Waals surface area (Å²) in [5, 5.41) is 5.47. The van der Waals surface area contributed by atoms with Crippen molar-refractivity contribution in [1.82, 2.24) is 24.6 Å². The second-order valence-electron chi connectivity index (χ2n) is 9.29. The molecule has 3 fully saturated rings. The molecule has 29 heavy (non-hydrogen) atoms. The van der Waals surface area contributed by atoms with Crippen molar-refractivity contribution >= 4 is 22.5 Å². The standard InChI is InChI=1S/C21H25N7O/c1-20(11-29-12-20)27-9-21(10-27)5-14(6-21)28-8-13(7-24-28)18-17-15(22)3-2-4-16(17)25-19(23)26-18/h2-4,7-8,14H,5-6,9-12,22H2,1H3,(H2,23,25,26). The van der Waals surface area contributed by atoms with E-state index >= 15 is 0 Å². The first-order valence-corrected chi connectivity index (χ1v) is 10.1.